The van der Waals surface area contributed by atoms with Crippen LogP contribution in [0.3, 0.4) is 0 Å². The fourth-order valence-electron chi connectivity index (χ4n) is 2.48. The highest BCUT2D eigenvalue weighted by Crippen LogP contribution is 2.15. The number of ether oxygens (including phenoxy) is 1. The van der Waals surface area contributed by atoms with Crippen LogP contribution in [0.25, 0.3) is 0 Å². The van der Waals surface area contributed by atoms with E-state index in [0.717, 1.165) is 38.3 Å². The molecule has 1 aliphatic heterocycles. The molecule has 1 atom stereocenters. The Morgan fingerprint density at radius 2 is 2.05 bits per heavy atom. The first-order chi connectivity index (χ1) is 9.13. The number of carbonyl (C=O) groups is 1. The SMILES string of the molecule is CN(Cc1ccc(CC(=O)O)cc1)C[C@@H]1CCOC1. The number of rotatable bonds is 6. The first-order valence-electron chi connectivity index (χ1n) is 6.69. The summed E-state index contributed by atoms with van der Waals surface area (Å²) in [6.07, 6.45) is 1.25. The molecule has 1 saturated heterocycles. The number of aliphatic carboxylic acids is 1. The number of hydrogen-bond acceptors (Lipinski definition) is 3. The first-order valence-corrected chi connectivity index (χ1v) is 6.69. The highest BCUT2D eigenvalue weighted by atomic mass is 16.5. The lowest BCUT2D eigenvalue weighted by Gasteiger charge is -2.20. The Balaban J connectivity index is 1.82. The van der Waals surface area contributed by atoms with Crippen molar-refractivity contribution in [1.29, 1.82) is 0 Å². The molecule has 0 radical (unpaired) electrons. The van der Waals surface area contributed by atoms with E-state index >= 15 is 0 Å². The van der Waals surface area contributed by atoms with E-state index in [4.69, 9.17) is 9.84 Å². The maximum atomic E-state index is 10.6. The number of benzene rings is 1. The lowest BCUT2D eigenvalue weighted by atomic mass is 10.1. The molecule has 104 valence electrons. The molecule has 1 fully saturated rings. The fourth-order valence-corrected chi connectivity index (χ4v) is 2.48. The minimum absolute atomic E-state index is 0.0928. The largest absolute Gasteiger partial charge is 0.481 e. The van der Waals surface area contributed by atoms with Gasteiger partial charge in [0.25, 0.3) is 0 Å². The van der Waals surface area contributed by atoms with Crippen LogP contribution >= 0.6 is 0 Å². The third kappa shape index (κ3) is 4.65. The molecule has 0 aliphatic carbocycles. The molecular weight excluding hydrogens is 242 g/mol. The van der Waals surface area contributed by atoms with Gasteiger partial charge in [0.1, 0.15) is 0 Å². The molecule has 0 saturated carbocycles. The summed E-state index contributed by atoms with van der Waals surface area (Å²) in [7, 11) is 2.11. The van der Waals surface area contributed by atoms with Gasteiger partial charge in [0.2, 0.25) is 0 Å². The Kier molecular flexibility index (Phi) is 4.93. The van der Waals surface area contributed by atoms with Gasteiger partial charge in [-0.25, -0.2) is 0 Å². The topological polar surface area (TPSA) is 49.8 Å². The maximum Gasteiger partial charge on any atom is 0.307 e. The predicted molar refractivity (Wildman–Crippen MR) is 73.0 cm³/mol. The van der Waals surface area contributed by atoms with Crippen LogP contribution in [0.15, 0.2) is 24.3 Å². The van der Waals surface area contributed by atoms with Crippen LogP contribution < -0.4 is 0 Å². The van der Waals surface area contributed by atoms with Gasteiger partial charge in [0, 0.05) is 19.7 Å². The average molecular weight is 263 g/mol. The normalized spacial score (nSPS) is 18.9. The van der Waals surface area contributed by atoms with Gasteiger partial charge in [-0.15, -0.1) is 0 Å². The quantitative estimate of drug-likeness (QED) is 0.850. The number of hydrogen-bond donors (Lipinski definition) is 1. The van der Waals surface area contributed by atoms with Gasteiger partial charge in [-0.05, 0) is 30.5 Å². The van der Waals surface area contributed by atoms with Crippen LogP contribution in [0.2, 0.25) is 0 Å². The summed E-state index contributed by atoms with van der Waals surface area (Å²) in [4.78, 5) is 12.9. The van der Waals surface area contributed by atoms with E-state index in [2.05, 4.69) is 11.9 Å². The van der Waals surface area contributed by atoms with Crippen molar-refractivity contribution in [3.05, 3.63) is 35.4 Å². The van der Waals surface area contributed by atoms with Crippen molar-refractivity contribution in [3.8, 4) is 0 Å². The van der Waals surface area contributed by atoms with E-state index in [1.54, 1.807) is 0 Å². The van der Waals surface area contributed by atoms with Gasteiger partial charge >= 0.3 is 5.97 Å². The van der Waals surface area contributed by atoms with Gasteiger partial charge < -0.3 is 14.7 Å². The molecule has 1 heterocycles. The fraction of sp³-hybridized carbons (Fsp3) is 0.533. The molecule has 4 heteroatoms. The van der Waals surface area contributed by atoms with Crippen LogP contribution in [-0.2, 0) is 22.5 Å². The molecule has 0 spiro atoms. The van der Waals surface area contributed by atoms with Crippen molar-refractivity contribution in [2.24, 2.45) is 5.92 Å². The van der Waals surface area contributed by atoms with Crippen molar-refractivity contribution in [1.82, 2.24) is 4.90 Å². The Labute approximate surface area is 114 Å². The molecule has 0 amide bonds. The zero-order valence-corrected chi connectivity index (χ0v) is 11.3. The first kappa shape index (κ1) is 14.0. The van der Waals surface area contributed by atoms with E-state index in [9.17, 15) is 4.79 Å². The number of carboxylic acid groups (broad SMARTS) is 1. The second-order valence-corrected chi connectivity index (χ2v) is 5.31. The summed E-state index contributed by atoms with van der Waals surface area (Å²) in [6, 6.07) is 7.83. The molecule has 0 aromatic heterocycles. The van der Waals surface area contributed by atoms with E-state index in [-0.39, 0.29) is 6.42 Å². The Morgan fingerprint density at radius 1 is 1.37 bits per heavy atom. The van der Waals surface area contributed by atoms with Crippen molar-refractivity contribution < 1.29 is 14.6 Å². The number of nitrogens with zero attached hydrogens (tertiary/aromatic N) is 1. The second-order valence-electron chi connectivity index (χ2n) is 5.31. The Morgan fingerprint density at radius 3 is 2.63 bits per heavy atom. The third-order valence-electron chi connectivity index (χ3n) is 3.42. The summed E-state index contributed by atoms with van der Waals surface area (Å²) in [5, 5.41) is 8.72. The molecule has 2 rings (SSSR count). The highest BCUT2D eigenvalue weighted by molar-refractivity contribution is 5.70. The molecule has 1 aromatic carbocycles. The molecule has 4 nitrogen and oxygen atoms in total. The van der Waals surface area contributed by atoms with E-state index in [0.29, 0.717) is 5.92 Å². The minimum atomic E-state index is -0.786. The van der Waals surface area contributed by atoms with E-state index in [1.807, 2.05) is 24.3 Å². The van der Waals surface area contributed by atoms with Crippen molar-refractivity contribution in [2.45, 2.75) is 19.4 Å². The lowest BCUT2D eigenvalue weighted by Crippen LogP contribution is -2.25. The Hall–Kier alpha value is -1.39. The standard InChI is InChI=1S/C15H21NO3/c1-16(10-14-6-7-19-11-14)9-13-4-2-12(3-5-13)8-15(17)18/h2-5,14H,6-11H2,1H3,(H,17,18)/t14-/m0/s1. The molecule has 19 heavy (non-hydrogen) atoms. The van der Waals surface area contributed by atoms with Crippen LogP contribution in [-0.4, -0.2) is 42.8 Å². The van der Waals surface area contributed by atoms with Crippen molar-refractivity contribution >= 4 is 5.97 Å². The van der Waals surface area contributed by atoms with Gasteiger partial charge in [-0.3, -0.25) is 4.79 Å². The Bertz CT molecular complexity index is 410. The monoisotopic (exact) mass is 263 g/mol. The summed E-state index contributed by atoms with van der Waals surface area (Å²) in [5.74, 6) is -0.137. The zero-order valence-electron chi connectivity index (χ0n) is 11.3. The molecular formula is C15H21NO3. The highest BCUT2D eigenvalue weighted by Gasteiger charge is 2.17. The minimum Gasteiger partial charge on any atom is -0.481 e. The average Bonchev–Trinajstić information content (AvgIpc) is 2.83. The van der Waals surface area contributed by atoms with E-state index < -0.39 is 5.97 Å². The van der Waals surface area contributed by atoms with Gasteiger partial charge in [0.05, 0.1) is 13.0 Å². The summed E-state index contributed by atoms with van der Waals surface area (Å²) in [6.45, 7) is 3.71. The molecule has 0 unspecified atom stereocenters. The molecule has 1 aromatic rings. The zero-order chi connectivity index (χ0) is 13.7. The number of carboxylic acids is 1. The van der Waals surface area contributed by atoms with Crippen LogP contribution in [0, 0.1) is 5.92 Å². The van der Waals surface area contributed by atoms with Crippen LogP contribution in [0.1, 0.15) is 17.5 Å². The maximum absolute atomic E-state index is 10.6. The molecule has 1 N–H and O–H groups in total. The third-order valence-corrected chi connectivity index (χ3v) is 3.42. The smallest absolute Gasteiger partial charge is 0.307 e. The summed E-state index contributed by atoms with van der Waals surface area (Å²) < 4.78 is 5.38. The van der Waals surface area contributed by atoms with E-state index in [1.165, 1.54) is 5.56 Å². The van der Waals surface area contributed by atoms with Crippen LogP contribution in [0.5, 0.6) is 0 Å². The lowest BCUT2D eigenvalue weighted by molar-refractivity contribution is -0.136. The van der Waals surface area contributed by atoms with Crippen LogP contribution in [0.4, 0.5) is 0 Å². The molecule has 1 aliphatic rings. The predicted octanol–water partition coefficient (Wildman–Crippen LogP) is 1.78. The van der Waals surface area contributed by atoms with Gasteiger partial charge in [-0.2, -0.15) is 0 Å². The van der Waals surface area contributed by atoms with Crippen molar-refractivity contribution in [2.75, 3.05) is 26.8 Å². The second kappa shape index (κ2) is 6.68. The summed E-state index contributed by atoms with van der Waals surface area (Å²) in [5.41, 5.74) is 2.07. The van der Waals surface area contributed by atoms with Crippen molar-refractivity contribution in [3.63, 3.8) is 0 Å². The summed E-state index contributed by atoms with van der Waals surface area (Å²) >= 11 is 0. The molecule has 0 bridgehead atoms. The van der Waals surface area contributed by atoms with Gasteiger partial charge in [0.15, 0.2) is 0 Å². The van der Waals surface area contributed by atoms with Gasteiger partial charge in [-0.1, -0.05) is 24.3 Å².